The Morgan fingerprint density at radius 2 is 1.68 bits per heavy atom. The molecule has 1 aliphatic rings. The van der Waals surface area contributed by atoms with Crippen molar-refractivity contribution in [2.45, 2.75) is 25.9 Å². The largest absolute Gasteiger partial charge is 2.00 e. The Morgan fingerprint density at radius 1 is 1.00 bits per heavy atom. The number of hydrogen-bond donors (Lipinski definition) is 1. The molecule has 0 unspecified atom stereocenters. The first-order valence-corrected chi connectivity index (χ1v) is 6.68. The Kier molecular flexibility index (Phi) is 8.12. The van der Waals surface area contributed by atoms with E-state index in [2.05, 4.69) is 42.5 Å². The third-order valence-electron chi connectivity index (χ3n) is 3.66. The predicted octanol–water partition coefficient (Wildman–Crippen LogP) is -1.58. The van der Waals surface area contributed by atoms with Gasteiger partial charge < -0.3 is 29.9 Å². The van der Waals surface area contributed by atoms with Gasteiger partial charge >= 0.3 is 21.7 Å². The van der Waals surface area contributed by atoms with E-state index in [1.807, 2.05) is 26.0 Å². The third-order valence-corrected chi connectivity index (χ3v) is 3.66. The molecule has 3 rings (SSSR count). The summed E-state index contributed by atoms with van der Waals surface area (Å²) in [6, 6.07) is 12.5. The normalized spacial score (nSPS) is 13.0. The summed E-state index contributed by atoms with van der Waals surface area (Å²) in [6.07, 6.45) is 7.32. The van der Waals surface area contributed by atoms with Gasteiger partial charge in [0, 0.05) is 0 Å². The van der Waals surface area contributed by atoms with Gasteiger partial charge in [-0.25, -0.2) is 0 Å². The van der Waals surface area contributed by atoms with Crippen LogP contribution < -0.4 is 24.8 Å². The molecule has 1 N–H and O–H groups in total. The summed E-state index contributed by atoms with van der Waals surface area (Å²) in [5.41, 5.74) is 2.62. The Morgan fingerprint density at radius 3 is 2.27 bits per heavy atom. The van der Waals surface area contributed by atoms with Gasteiger partial charge in [0.25, 0.3) is 0 Å². The SMILES string of the molecule is CC(C)(O)c1c(C2=CC=CC2)ccc2ccccc12.[Cl-].[Cl-].[Ti+2]. The summed E-state index contributed by atoms with van der Waals surface area (Å²) in [4.78, 5) is 0. The third kappa shape index (κ3) is 4.04. The fourth-order valence-corrected chi connectivity index (χ4v) is 2.85. The quantitative estimate of drug-likeness (QED) is 0.634. The number of allylic oxidation sites excluding steroid dienone is 4. The van der Waals surface area contributed by atoms with E-state index >= 15 is 0 Å². The van der Waals surface area contributed by atoms with Crippen LogP contribution in [0.3, 0.4) is 0 Å². The Hall–Kier alpha value is -0.566. The molecule has 0 saturated carbocycles. The smallest absolute Gasteiger partial charge is 1.00 e. The summed E-state index contributed by atoms with van der Waals surface area (Å²) >= 11 is 0. The van der Waals surface area contributed by atoms with Crippen molar-refractivity contribution in [3.63, 3.8) is 0 Å². The molecule has 0 spiro atoms. The van der Waals surface area contributed by atoms with Crippen molar-refractivity contribution in [2.24, 2.45) is 0 Å². The summed E-state index contributed by atoms with van der Waals surface area (Å²) < 4.78 is 0. The molecule has 1 aliphatic carbocycles. The molecule has 0 heterocycles. The molecule has 2 aromatic rings. The second kappa shape index (κ2) is 8.33. The maximum Gasteiger partial charge on any atom is 2.00 e. The molecule has 0 aromatic heterocycles. The molecule has 0 atom stereocenters. The van der Waals surface area contributed by atoms with Crippen LogP contribution in [-0.2, 0) is 27.3 Å². The van der Waals surface area contributed by atoms with E-state index in [0.29, 0.717) is 0 Å². The predicted molar refractivity (Wildman–Crippen MR) is 80.9 cm³/mol. The first-order valence-electron chi connectivity index (χ1n) is 6.68. The minimum atomic E-state index is -0.848. The van der Waals surface area contributed by atoms with Crippen LogP contribution >= 0.6 is 0 Å². The van der Waals surface area contributed by atoms with Crippen molar-refractivity contribution in [3.8, 4) is 0 Å². The minimum absolute atomic E-state index is 0. The zero-order chi connectivity index (χ0) is 13.5. The zero-order valence-electron chi connectivity index (χ0n) is 12.6. The number of rotatable bonds is 2. The van der Waals surface area contributed by atoms with Crippen molar-refractivity contribution in [1.29, 1.82) is 0 Å². The van der Waals surface area contributed by atoms with Crippen molar-refractivity contribution < 1.29 is 51.6 Å². The van der Waals surface area contributed by atoms with Crippen molar-refractivity contribution in [2.75, 3.05) is 0 Å². The van der Waals surface area contributed by atoms with Gasteiger partial charge in [-0.1, -0.05) is 54.6 Å². The number of fused-ring (bicyclic) bond motifs is 1. The van der Waals surface area contributed by atoms with E-state index in [1.54, 1.807) is 0 Å². The topological polar surface area (TPSA) is 20.2 Å². The molecular formula is C18H18Cl2OTi. The van der Waals surface area contributed by atoms with Gasteiger partial charge in [0.05, 0.1) is 5.60 Å². The molecule has 4 heteroatoms. The monoisotopic (exact) mass is 368 g/mol. The molecule has 0 fully saturated rings. The van der Waals surface area contributed by atoms with Crippen LogP contribution in [0.1, 0.15) is 31.4 Å². The van der Waals surface area contributed by atoms with E-state index in [9.17, 15) is 5.11 Å². The molecule has 1 nitrogen and oxygen atoms in total. The first-order chi connectivity index (χ1) is 9.07. The second-order valence-electron chi connectivity index (χ2n) is 5.59. The molecule has 0 amide bonds. The summed E-state index contributed by atoms with van der Waals surface area (Å²) in [6.45, 7) is 3.72. The van der Waals surface area contributed by atoms with Crippen LogP contribution in [0.4, 0.5) is 0 Å². The maximum atomic E-state index is 10.6. The van der Waals surface area contributed by atoms with E-state index in [4.69, 9.17) is 0 Å². The zero-order valence-corrected chi connectivity index (χ0v) is 15.7. The van der Waals surface area contributed by atoms with Gasteiger partial charge in [0.1, 0.15) is 0 Å². The van der Waals surface area contributed by atoms with Crippen LogP contribution in [0.2, 0.25) is 0 Å². The van der Waals surface area contributed by atoms with E-state index in [0.717, 1.165) is 22.9 Å². The molecule has 0 radical (unpaired) electrons. The molecule has 2 aromatic carbocycles. The van der Waals surface area contributed by atoms with Gasteiger partial charge in [0.15, 0.2) is 0 Å². The number of hydrogen-bond acceptors (Lipinski definition) is 1. The van der Waals surface area contributed by atoms with Crippen LogP contribution in [0.15, 0.2) is 54.6 Å². The van der Waals surface area contributed by atoms with E-state index < -0.39 is 5.60 Å². The van der Waals surface area contributed by atoms with Crippen molar-refractivity contribution in [1.82, 2.24) is 0 Å². The van der Waals surface area contributed by atoms with Crippen LogP contribution in [-0.4, -0.2) is 5.11 Å². The molecule has 114 valence electrons. The summed E-state index contributed by atoms with van der Waals surface area (Å²) in [7, 11) is 0. The van der Waals surface area contributed by atoms with Gasteiger partial charge in [-0.05, 0) is 47.7 Å². The molecule has 0 saturated heterocycles. The van der Waals surface area contributed by atoms with E-state index in [1.165, 1.54) is 11.0 Å². The Bertz CT molecular complexity index is 700. The van der Waals surface area contributed by atoms with Crippen LogP contribution in [0.5, 0.6) is 0 Å². The molecule has 0 aliphatic heterocycles. The van der Waals surface area contributed by atoms with Gasteiger partial charge in [-0.3, -0.25) is 0 Å². The summed E-state index contributed by atoms with van der Waals surface area (Å²) in [5, 5.41) is 12.9. The molecule has 22 heavy (non-hydrogen) atoms. The standard InChI is InChI=1S/C18H18O.2ClH.Ti/c1-18(2,19)17-15-10-6-5-9-14(15)11-12-16(17)13-7-3-4-8-13;;;/h3-7,9-12,19H,8H2,1-2H3;2*1H;/q;;;+2/p-2. The Labute approximate surface area is 159 Å². The average Bonchev–Trinajstić information content (AvgIpc) is 2.90. The van der Waals surface area contributed by atoms with Crippen molar-refractivity contribution in [3.05, 3.63) is 65.8 Å². The molecular weight excluding hydrogens is 351 g/mol. The average molecular weight is 369 g/mol. The second-order valence-corrected chi connectivity index (χ2v) is 5.59. The number of benzene rings is 2. The fourth-order valence-electron chi connectivity index (χ4n) is 2.85. The maximum absolute atomic E-state index is 10.6. The fraction of sp³-hybridized carbons (Fsp3) is 0.222. The first kappa shape index (κ1) is 21.4. The molecule has 0 bridgehead atoms. The summed E-state index contributed by atoms with van der Waals surface area (Å²) in [5.74, 6) is 0. The van der Waals surface area contributed by atoms with Crippen LogP contribution in [0.25, 0.3) is 16.3 Å². The Balaban J connectivity index is 0.00000147. The van der Waals surface area contributed by atoms with Crippen molar-refractivity contribution >= 4 is 16.3 Å². The van der Waals surface area contributed by atoms with Gasteiger partial charge in [-0.2, -0.15) is 0 Å². The van der Waals surface area contributed by atoms with E-state index in [-0.39, 0.29) is 46.5 Å². The number of aliphatic hydroxyl groups is 1. The van der Waals surface area contributed by atoms with Gasteiger partial charge in [0.2, 0.25) is 0 Å². The minimum Gasteiger partial charge on any atom is -1.00 e. The number of halogens is 2. The van der Waals surface area contributed by atoms with Crippen LogP contribution in [0, 0.1) is 0 Å². The van der Waals surface area contributed by atoms with Gasteiger partial charge in [-0.15, -0.1) is 0 Å².